The van der Waals surface area contributed by atoms with Crippen molar-refractivity contribution in [3.05, 3.63) is 32.8 Å². The van der Waals surface area contributed by atoms with Crippen molar-refractivity contribution in [3.63, 3.8) is 0 Å². The number of hydrogen-bond donors (Lipinski definition) is 1. The zero-order valence-corrected chi connectivity index (χ0v) is 14.2. The fourth-order valence-corrected chi connectivity index (χ4v) is 3.16. The summed E-state index contributed by atoms with van der Waals surface area (Å²) in [6.45, 7) is 2.83. The SMILES string of the molecule is CCNC(=O)C1CCCN(c2cc(Cl)c(C(F)(F)F)cc2[N+](=O)[O-])C1. The van der Waals surface area contributed by atoms with Gasteiger partial charge >= 0.3 is 6.18 Å². The highest BCUT2D eigenvalue weighted by atomic mass is 35.5. The summed E-state index contributed by atoms with van der Waals surface area (Å²) in [5.74, 6) is -0.553. The predicted molar refractivity (Wildman–Crippen MR) is 86.7 cm³/mol. The molecule has 10 heteroatoms. The molecule has 1 unspecified atom stereocenters. The standard InChI is InChI=1S/C15H17ClF3N3O3/c1-2-20-14(23)9-4-3-5-21(8-9)12-7-11(16)10(15(17,18)19)6-13(12)22(24)25/h6-7,9H,2-5,8H2,1H3,(H,20,23). The number of halogens is 4. The highest BCUT2D eigenvalue weighted by Gasteiger charge is 2.37. The molecule has 6 nitrogen and oxygen atoms in total. The first-order valence-corrected chi connectivity index (χ1v) is 8.10. The maximum atomic E-state index is 12.9. The van der Waals surface area contributed by atoms with Gasteiger partial charge in [0, 0.05) is 25.7 Å². The lowest BCUT2D eigenvalue weighted by Crippen LogP contribution is -2.43. The van der Waals surface area contributed by atoms with E-state index in [4.69, 9.17) is 11.6 Å². The number of carbonyl (C=O) groups is 1. The molecule has 138 valence electrons. The molecule has 0 spiro atoms. The molecule has 1 aromatic carbocycles. The number of nitrogens with zero attached hydrogens (tertiary/aromatic N) is 2. The zero-order chi connectivity index (χ0) is 18.8. The second kappa shape index (κ2) is 7.47. The Hall–Kier alpha value is -2.03. The number of nitro groups is 1. The van der Waals surface area contributed by atoms with Gasteiger partial charge in [-0.1, -0.05) is 11.6 Å². The first kappa shape index (κ1) is 19.3. The van der Waals surface area contributed by atoms with Crippen LogP contribution in [0.2, 0.25) is 5.02 Å². The molecule has 1 aliphatic rings. The van der Waals surface area contributed by atoms with Gasteiger partial charge in [-0.15, -0.1) is 0 Å². The van der Waals surface area contributed by atoms with Crippen LogP contribution >= 0.6 is 11.6 Å². The number of nitro benzene ring substituents is 1. The van der Waals surface area contributed by atoms with Crippen LogP contribution in [0.1, 0.15) is 25.3 Å². The van der Waals surface area contributed by atoms with Crippen LogP contribution in [0.3, 0.4) is 0 Å². The molecule has 1 N–H and O–H groups in total. The number of piperidine rings is 1. The number of anilines is 1. The molecular formula is C15H17ClF3N3O3. The third-order valence-corrected chi connectivity index (χ3v) is 4.36. The molecule has 1 aliphatic heterocycles. The van der Waals surface area contributed by atoms with Crippen molar-refractivity contribution in [3.8, 4) is 0 Å². The van der Waals surface area contributed by atoms with Gasteiger partial charge in [0.1, 0.15) is 5.69 Å². The minimum Gasteiger partial charge on any atom is -0.365 e. The van der Waals surface area contributed by atoms with Crippen molar-refractivity contribution in [1.29, 1.82) is 0 Å². The summed E-state index contributed by atoms with van der Waals surface area (Å²) in [7, 11) is 0. The summed E-state index contributed by atoms with van der Waals surface area (Å²) in [5.41, 5.74) is -1.92. The molecule has 1 aromatic rings. The largest absolute Gasteiger partial charge is 0.418 e. The molecule has 0 aromatic heterocycles. The average molecular weight is 380 g/mol. The predicted octanol–water partition coefficient (Wildman–Crippen LogP) is 3.62. The van der Waals surface area contributed by atoms with Crippen LogP contribution in [0.25, 0.3) is 0 Å². The first-order valence-electron chi connectivity index (χ1n) is 7.73. The van der Waals surface area contributed by atoms with E-state index in [1.165, 1.54) is 0 Å². The average Bonchev–Trinajstić information content (AvgIpc) is 2.53. The maximum Gasteiger partial charge on any atom is 0.418 e. The Morgan fingerprint density at radius 2 is 2.16 bits per heavy atom. The van der Waals surface area contributed by atoms with E-state index in [1.807, 2.05) is 0 Å². The minimum absolute atomic E-state index is 0.00278. The van der Waals surface area contributed by atoms with Gasteiger partial charge in [-0.25, -0.2) is 0 Å². The molecule has 25 heavy (non-hydrogen) atoms. The van der Waals surface area contributed by atoms with Crippen molar-refractivity contribution in [2.75, 3.05) is 24.5 Å². The highest BCUT2D eigenvalue weighted by Crippen LogP contribution is 2.42. The zero-order valence-electron chi connectivity index (χ0n) is 13.4. The summed E-state index contributed by atoms with van der Waals surface area (Å²) in [4.78, 5) is 23.9. The summed E-state index contributed by atoms with van der Waals surface area (Å²) < 4.78 is 38.8. The van der Waals surface area contributed by atoms with E-state index in [-0.39, 0.29) is 24.1 Å². The fraction of sp³-hybridized carbons (Fsp3) is 0.533. The molecule has 2 rings (SSSR count). The molecule has 1 atom stereocenters. The van der Waals surface area contributed by atoms with Crippen LogP contribution in [-0.2, 0) is 11.0 Å². The lowest BCUT2D eigenvalue weighted by molar-refractivity contribution is -0.384. The number of alkyl halides is 3. The number of amides is 1. The molecule has 1 fully saturated rings. The molecular weight excluding hydrogens is 363 g/mol. The molecule has 0 radical (unpaired) electrons. The normalized spacial score (nSPS) is 18.1. The number of hydrogen-bond acceptors (Lipinski definition) is 4. The number of nitrogens with one attached hydrogen (secondary N) is 1. The Labute approximate surface area is 147 Å². The van der Waals surface area contributed by atoms with E-state index in [1.54, 1.807) is 11.8 Å². The van der Waals surface area contributed by atoms with Gasteiger partial charge in [-0.2, -0.15) is 13.2 Å². The van der Waals surface area contributed by atoms with Gasteiger partial charge in [-0.05, 0) is 25.8 Å². The third kappa shape index (κ3) is 4.33. The van der Waals surface area contributed by atoms with Crippen molar-refractivity contribution >= 4 is 28.9 Å². The van der Waals surface area contributed by atoms with E-state index in [0.29, 0.717) is 32.0 Å². The Morgan fingerprint density at radius 1 is 1.48 bits per heavy atom. The van der Waals surface area contributed by atoms with Crippen molar-refractivity contribution in [2.24, 2.45) is 5.92 Å². The quantitative estimate of drug-likeness (QED) is 0.640. The molecule has 0 saturated carbocycles. The van der Waals surface area contributed by atoms with Gasteiger partial charge in [-0.3, -0.25) is 14.9 Å². The van der Waals surface area contributed by atoms with Crippen LogP contribution in [0.15, 0.2) is 12.1 Å². The summed E-state index contributed by atoms with van der Waals surface area (Å²) in [6, 6.07) is 1.41. The fourth-order valence-electron chi connectivity index (χ4n) is 2.90. The monoisotopic (exact) mass is 379 g/mol. The smallest absolute Gasteiger partial charge is 0.365 e. The lowest BCUT2D eigenvalue weighted by Gasteiger charge is -2.33. The van der Waals surface area contributed by atoms with E-state index in [9.17, 15) is 28.1 Å². The number of benzene rings is 1. The van der Waals surface area contributed by atoms with Crippen molar-refractivity contribution in [2.45, 2.75) is 25.9 Å². The van der Waals surface area contributed by atoms with E-state index < -0.39 is 27.4 Å². The van der Waals surface area contributed by atoms with Crippen LogP contribution in [0, 0.1) is 16.0 Å². The van der Waals surface area contributed by atoms with E-state index >= 15 is 0 Å². The Bertz CT molecular complexity index is 682. The first-order chi connectivity index (χ1) is 11.6. The van der Waals surface area contributed by atoms with Gasteiger partial charge in [0.15, 0.2) is 0 Å². The van der Waals surface area contributed by atoms with Crippen molar-refractivity contribution < 1.29 is 22.9 Å². The van der Waals surface area contributed by atoms with Crippen LogP contribution in [0.5, 0.6) is 0 Å². The topological polar surface area (TPSA) is 75.5 Å². The molecule has 1 amide bonds. The van der Waals surface area contributed by atoms with Gasteiger partial charge in [0.25, 0.3) is 5.69 Å². The van der Waals surface area contributed by atoms with Crippen LogP contribution < -0.4 is 10.2 Å². The molecule has 0 bridgehead atoms. The van der Waals surface area contributed by atoms with Gasteiger partial charge < -0.3 is 10.2 Å². The van der Waals surface area contributed by atoms with E-state index in [0.717, 1.165) is 6.07 Å². The molecule has 1 heterocycles. The number of carbonyl (C=O) groups excluding carboxylic acids is 1. The minimum atomic E-state index is -4.79. The second-order valence-corrected chi connectivity index (χ2v) is 6.16. The number of rotatable bonds is 4. The van der Waals surface area contributed by atoms with Gasteiger partial charge in [0.05, 0.1) is 21.4 Å². The lowest BCUT2D eigenvalue weighted by atomic mass is 9.96. The molecule has 0 aliphatic carbocycles. The van der Waals surface area contributed by atoms with Crippen LogP contribution in [-0.4, -0.2) is 30.5 Å². The summed E-state index contributed by atoms with van der Waals surface area (Å²) in [6.07, 6.45) is -3.58. The van der Waals surface area contributed by atoms with Crippen LogP contribution in [0.4, 0.5) is 24.5 Å². The Kier molecular flexibility index (Phi) is 5.76. The Balaban J connectivity index is 2.39. The highest BCUT2D eigenvalue weighted by molar-refractivity contribution is 6.31. The maximum absolute atomic E-state index is 12.9. The van der Waals surface area contributed by atoms with E-state index in [2.05, 4.69) is 5.32 Å². The summed E-state index contributed by atoms with van der Waals surface area (Å²) >= 11 is 5.71. The summed E-state index contributed by atoms with van der Waals surface area (Å²) in [5, 5.41) is 13.3. The van der Waals surface area contributed by atoms with Crippen molar-refractivity contribution in [1.82, 2.24) is 5.32 Å². The van der Waals surface area contributed by atoms with Gasteiger partial charge in [0.2, 0.25) is 5.91 Å². The third-order valence-electron chi connectivity index (χ3n) is 4.05. The second-order valence-electron chi connectivity index (χ2n) is 5.76. The Morgan fingerprint density at radius 3 is 2.72 bits per heavy atom. The molecule has 1 saturated heterocycles.